The average Bonchev–Trinajstić information content (AvgIpc) is 2.18. The first-order valence-corrected chi connectivity index (χ1v) is 5.83. The van der Waals surface area contributed by atoms with Gasteiger partial charge in [0, 0.05) is 0 Å². The van der Waals surface area contributed by atoms with Gasteiger partial charge in [-0.3, -0.25) is 0 Å². The molecule has 0 aromatic heterocycles. The minimum absolute atomic E-state index is 0.217. The average molecular weight is 262 g/mol. The summed E-state index contributed by atoms with van der Waals surface area (Å²) in [4.78, 5) is -0.541. The molecular formula is C9H8F2N2O3S. The Morgan fingerprint density at radius 3 is 2.47 bits per heavy atom. The number of alkyl halides is 2. The Kier molecular flexibility index (Phi) is 3.65. The highest BCUT2D eigenvalue weighted by atomic mass is 32.2. The molecule has 1 aromatic carbocycles. The predicted molar refractivity (Wildman–Crippen MR) is 53.9 cm³/mol. The number of sulfonamides is 1. The van der Waals surface area contributed by atoms with Gasteiger partial charge in [0.2, 0.25) is 10.0 Å². The Morgan fingerprint density at radius 2 is 2.06 bits per heavy atom. The molecule has 0 saturated heterocycles. The molecule has 1 aromatic rings. The molecule has 0 amide bonds. The molecule has 0 aliphatic rings. The molecule has 92 valence electrons. The third-order valence-electron chi connectivity index (χ3n) is 1.94. The van der Waals surface area contributed by atoms with Crippen molar-refractivity contribution in [2.45, 2.75) is 18.4 Å². The molecule has 0 bridgehead atoms. The van der Waals surface area contributed by atoms with Crippen molar-refractivity contribution in [1.29, 1.82) is 5.26 Å². The van der Waals surface area contributed by atoms with E-state index in [1.807, 2.05) is 0 Å². The van der Waals surface area contributed by atoms with Gasteiger partial charge in [-0.25, -0.2) is 13.6 Å². The molecule has 2 N–H and O–H groups in total. The zero-order valence-electron chi connectivity index (χ0n) is 8.65. The lowest BCUT2D eigenvalue weighted by atomic mass is 10.1. The molecule has 0 spiro atoms. The van der Waals surface area contributed by atoms with Gasteiger partial charge in [-0.15, -0.1) is 0 Å². The molecule has 5 nitrogen and oxygen atoms in total. The van der Waals surface area contributed by atoms with Gasteiger partial charge in [0.15, 0.2) is 0 Å². The Balaban J connectivity index is 3.55. The lowest BCUT2D eigenvalue weighted by molar-refractivity contribution is -0.0506. The first kappa shape index (κ1) is 13.3. The Morgan fingerprint density at radius 1 is 1.47 bits per heavy atom. The summed E-state index contributed by atoms with van der Waals surface area (Å²) in [5.74, 6) is -0.478. The number of nitriles is 1. The molecule has 8 heteroatoms. The largest absolute Gasteiger partial charge is 0.433 e. The smallest absolute Gasteiger partial charge is 0.387 e. The van der Waals surface area contributed by atoms with Crippen LogP contribution in [0.15, 0.2) is 17.0 Å². The normalized spacial score (nSPS) is 11.3. The van der Waals surface area contributed by atoms with E-state index in [1.165, 1.54) is 19.1 Å². The highest BCUT2D eigenvalue weighted by molar-refractivity contribution is 7.89. The molecule has 17 heavy (non-hydrogen) atoms. The monoisotopic (exact) mass is 262 g/mol. The summed E-state index contributed by atoms with van der Waals surface area (Å²) >= 11 is 0. The van der Waals surface area contributed by atoms with E-state index in [-0.39, 0.29) is 5.56 Å². The maximum atomic E-state index is 12.1. The standard InChI is InChI=1S/C9H8F2N2O3S/c1-5-2-3-7(17(13,14)15)6(4-12)8(5)16-9(10)11/h2-3,9H,1H3,(H2,13,14,15). The van der Waals surface area contributed by atoms with Crippen molar-refractivity contribution in [3.8, 4) is 11.8 Å². The van der Waals surface area contributed by atoms with Crippen LogP contribution in [-0.4, -0.2) is 15.0 Å². The van der Waals surface area contributed by atoms with Crippen LogP contribution in [0.3, 0.4) is 0 Å². The number of ether oxygens (including phenoxy) is 1. The number of primary sulfonamides is 1. The molecule has 0 heterocycles. The van der Waals surface area contributed by atoms with Gasteiger partial charge in [-0.2, -0.15) is 14.0 Å². The van der Waals surface area contributed by atoms with E-state index >= 15 is 0 Å². The second kappa shape index (κ2) is 4.65. The maximum Gasteiger partial charge on any atom is 0.387 e. The Bertz CT molecular complexity index is 579. The van der Waals surface area contributed by atoms with E-state index in [4.69, 9.17) is 10.4 Å². The SMILES string of the molecule is Cc1ccc(S(N)(=O)=O)c(C#N)c1OC(F)F. The number of aryl methyl sites for hydroxylation is 1. The first-order valence-electron chi connectivity index (χ1n) is 4.28. The van der Waals surface area contributed by atoms with Gasteiger partial charge in [0.05, 0.1) is 0 Å². The van der Waals surface area contributed by atoms with Crippen LogP contribution < -0.4 is 9.88 Å². The highest BCUT2D eigenvalue weighted by Gasteiger charge is 2.21. The predicted octanol–water partition coefficient (Wildman–Crippen LogP) is 1.12. The van der Waals surface area contributed by atoms with Gasteiger partial charge in [0.25, 0.3) is 0 Å². The quantitative estimate of drug-likeness (QED) is 0.883. The molecule has 0 radical (unpaired) electrons. The third-order valence-corrected chi connectivity index (χ3v) is 2.89. The van der Waals surface area contributed by atoms with Crippen LogP contribution in [0.1, 0.15) is 11.1 Å². The summed E-state index contributed by atoms with van der Waals surface area (Å²) < 4.78 is 50.7. The van der Waals surface area contributed by atoms with Crippen molar-refractivity contribution in [2.75, 3.05) is 0 Å². The molecule has 0 aliphatic heterocycles. The van der Waals surface area contributed by atoms with Crippen molar-refractivity contribution in [1.82, 2.24) is 0 Å². The zero-order chi connectivity index (χ0) is 13.2. The second-order valence-electron chi connectivity index (χ2n) is 3.12. The summed E-state index contributed by atoms with van der Waals surface area (Å²) in [7, 11) is -4.17. The zero-order valence-corrected chi connectivity index (χ0v) is 9.46. The number of hydrogen-bond acceptors (Lipinski definition) is 4. The van der Waals surface area contributed by atoms with Crippen LogP contribution in [0.4, 0.5) is 8.78 Å². The van der Waals surface area contributed by atoms with Crippen molar-refractivity contribution >= 4 is 10.0 Å². The highest BCUT2D eigenvalue weighted by Crippen LogP contribution is 2.29. The minimum atomic E-state index is -4.17. The van der Waals surface area contributed by atoms with Gasteiger partial charge >= 0.3 is 6.61 Å². The van der Waals surface area contributed by atoms with Crippen LogP contribution in [0, 0.1) is 18.3 Å². The molecule has 0 atom stereocenters. The molecular weight excluding hydrogens is 254 g/mol. The Labute approximate surface area is 96.5 Å². The van der Waals surface area contributed by atoms with Gasteiger partial charge in [-0.05, 0) is 18.6 Å². The number of nitrogens with zero attached hydrogens (tertiary/aromatic N) is 1. The Hall–Kier alpha value is -1.72. The fourth-order valence-corrected chi connectivity index (χ4v) is 1.93. The van der Waals surface area contributed by atoms with Crippen molar-refractivity contribution in [3.63, 3.8) is 0 Å². The van der Waals surface area contributed by atoms with Crippen LogP contribution in [0.25, 0.3) is 0 Å². The molecule has 0 unspecified atom stereocenters. The lowest BCUT2D eigenvalue weighted by Gasteiger charge is -2.11. The molecule has 0 fully saturated rings. The topological polar surface area (TPSA) is 93.2 Å². The van der Waals surface area contributed by atoms with Crippen molar-refractivity contribution in [2.24, 2.45) is 5.14 Å². The summed E-state index contributed by atoms with van der Waals surface area (Å²) in [5, 5.41) is 13.7. The van der Waals surface area contributed by atoms with Crippen molar-refractivity contribution < 1.29 is 21.9 Å². The summed E-state index contributed by atoms with van der Waals surface area (Å²) in [6.07, 6.45) is 0. The number of nitrogens with two attached hydrogens (primary N) is 1. The van der Waals surface area contributed by atoms with E-state index in [1.54, 1.807) is 0 Å². The fraction of sp³-hybridized carbons (Fsp3) is 0.222. The summed E-state index contributed by atoms with van der Waals surface area (Å²) in [6.45, 7) is -1.75. The van der Waals surface area contributed by atoms with Crippen LogP contribution in [0.5, 0.6) is 5.75 Å². The first-order chi connectivity index (χ1) is 7.77. The van der Waals surface area contributed by atoms with E-state index in [0.29, 0.717) is 0 Å². The number of hydrogen-bond donors (Lipinski definition) is 1. The third kappa shape index (κ3) is 2.89. The van der Waals surface area contributed by atoms with E-state index in [9.17, 15) is 17.2 Å². The molecule has 0 saturated carbocycles. The van der Waals surface area contributed by atoms with Gasteiger partial charge in [0.1, 0.15) is 22.3 Å². The van der Waals surface area contributed by atoms with Crippen LogP contribution >= 0.6 is 0 Å². The number of halogens is 2. The van der Waals surface area contributed by atoms with E-state index in [2.05, 4.69) is 4.74 Å². The van der Waals surface area contributed by atoms with Crippen LogP contribution in [0.2, 0.25) is 0 Å². The second-order valence-corrected chi connectivity index (χ2v) is 4.65. The summed E-state index contributed by atoms with van der Waals surface area (Å²) in [5.41, 5.74) is -0.304. The maximum absolute atomic E-state index is 12.1. The van der Waals surface area contributed by atoms with Gasteiger partial charge in [-0.1, -0.05) is 6.07 Å². The summed E-state index contributed by atoms with van der Waals surface area (Å²) in [6, 6.07) is 3.80. The number of rotatable bonds is 3. The van der Waals surface area contributed by atoms with E-state index in [0.717, 1.165) is 6.07 Å². The number of benzene rings is 1. The van der Waals surface area contributed by atoms with Crippen molar-refractivity contribution in [3.05, 3.63) is 23.3 Å². The van der Waals surface area contributed by atoms with Gasteiger partial charge < -0.3 is 4.74 Å². The minimum Gasteiger partial charge on any atom is -0.433 e. The fourth-order valence-electron chi connectivity index (χ4n) is 1.25. The van der Waals surface area contributed by atoms with E-state index < -0.39 is 32.8 Å². The molecule has 0 aliphatic carbocycles. The molecule has 1 rings (SSSR count). The van der Waals surface area contributed by atoms with Crippen LogP contribution in [-0.2, 0) is 10.0 Å². The lowest BCUT2D eigenvalue weighted by Crippen LogP contribution is -2.15.